The Morgan fingerprint density at radius 2 is 2.08 bits per heavy atom. The van der Waals surface area contributed by atoms with E-state index in [2.05, 4.69) is 20.0 Å². The first-order valence-corrected chi connectivity index (χ1v) is 9.02. The van der Waals surface area contributed by atoms with E-state index < -0.39 is 0 Å². The summed E-state index contributed by atoms with van der Waals surface area (Å²) in [6.07, 6.45) is 5.97. The molecule has 2 aliphatic heterocycles. The second-order valence-electron chi connectivity index (χ2n) is 6.84. The number of piperidine rings is 1. The van der Waals surface area contributed by atoms with Crippen molar-refractivity contribution in [2.75, 3.05) is 31.1 Å². The number of carbonyl (C=O) groups excluding carboxylic acids is 1. The highest BCUT2D eigenvalue weighted by Gasteiger charge is 2.32. The average molecular weight is 341 g/mol. The van der Waals surface area contributed by atoms with Crippen LogP contribution in [0.3, 0.4) is 0 Å². The first kappa shape index (κ1) is 16.1. The predicted molar refractivity (Wildman–Crippen MR) is 93.0 cm³/mol. The lowest BCUT2D eigenvalue weighted by molar-refractivity contribution is -0.134. The molecule has 2 saturated heterocycles. The monoisotopic (exact) mass is 341 g/mol. The third-order valence-electron chi connectivity index (χ3n) is 5.03. The van der Waals surface area contributed by atoms with Crippen LogP contribution in [0.2, 0.25) is 0 Å². The Bertz CT molecular complexity index is 753. The highest BCUT2D eigenvalue weighted by molar-refractivity contribution is 5.80. The zero-order chi connectivity index (χ0) is 17.2. The first-order valence-electron chi connectivity index (χ1n) is 9.02. The molecule has 25 heavy (non-hydrogen) atoms. The molecule has 1 amide bonds. The van der Waals surface area contributed by atoms with E-state index in [1.54, 1.807) is 13.1 Å². The molecule has 7 nitrogen and oxygen atoms in total. The molecule has 132 valence electrons. The molecule has 2 aromatic heterocycles. The Labute approximate surface area is 147 Å². The van der Waals surface area contributed by atoms with Crippen LogP contribution >= 0.6 is 0 Å². The van der Waals surface area contributed by atoms with Crippen LogP contribution in [0.15, 0.2) is 22.9 Å². The Hall–Kier alpha value is -2.44. The molecule has 0 spiro atoms. The number of pyridine rings is 1. The van der Waals surface area contributed by atoms with Gasteiger partial charge in [-0.2, -0.15) is 4.98 Å². The van der Waals surface area contributed by atoms with Crippen molar-refractivity contribution in [3.63, 3.8) is 0 Å². The summed E-state index contributed by atoms with van der Waals surface area (Å²) in [6.45, 7) is 5.21. The lowest BCUT2D eigenvalue weighted by atomic mass is 9.96. The molecule has 0 aromatic carbocycles. The van der Waals surface area contributed by atoms with Crippen molar-refractivity contribution < 1.29 is 9.32 Å². The predicted octanol–water partition coefficient (Wildman–Crippen LogP) is 2.28. The molecule has 2 aromatic rings. The molecular weight excluding hydrogens is 318 g/mol. The van der Waals surface area contributed by atoms with Gasteiger partial charge in [-0.25, -0.2) is 4.98 Å². The number of aryl methyl sites for hydroxylation is 1. The topological polar surface area (TPSA) is 75.4 Å². The van der Waals surface area contributed by atoms with Crippen LogP contribution < -0.4 is 4.90 Å². The average Bonchev–Trinajstić information content (AvgIpc) is 3.33. The van der Waals surface area contributed by atoms with Gasteiger partial charge in [0.15, 0.2) is 5.82 Å². The Balaban J connectivity index is 1.56. The molecule has 0 radical (unpaired) electrons. The number of carbonyl (C=O) groups is 1. The van der Waals surface area contributed by atoms with Gasteiger partial charge in [0.1, 0.15) is 5.82 Å². The molecule has 1 atom stereocenters. The summed E-state index contributed by atoms with van der Waals surface area (Å²) >= 11 is 0. The minimum atomic E-state index is 0.0473. The molecule has 0 N–H and O–H groups in total. The summed E-state index contributed by atoms with van der Waals surface area (Å²) in [6, 6.07) is 3.82. The van der Waals surface area contributed by atoms with Gasteiger partial charge in [-0.1, -0.05) is 5.16 Å². The van der Waals surface area contributed by atoms with Crippen molar-refractivity contribution in [2.24, 2.45) is 5.92 Å². The number of nitrogens with zero attached hydrogens (tertiary/aromatic N) is 5. The SMILES string of the molecule is Cc1noc(-c2cccnc2N2CCC[C@H](C(=O)N3CCCC3)C2)n1. The fraction of sp³-hybridized carbons (Fsp3) is 0.556. The van der Waals surface area contributed by atoms with Gasteiger partial charge in [-0.05, 0) is 44.7 Å². The molecule has 0 unspecified atom stereocenters. The van der Waals surface area contributed by atoms with Gasteiger partial charge in [0.05, 0.1) is 11.5 Å². The van der Waals surface area contributed by atoms with Gasteiger partial charge in [0.25, 0.3) is 5.89 Å². The van der Waals surface area contributed by atoms with Crippen LogP contribution in [0.4, 0.5) is 5.82 Å². The fourth-order valence-corrected chi connectivity index (χ4v) is 3.79. The smallest absolute Gasteiger partial charge is 0.261 e. The molecule has 0 saturated carbocycles. The zero-order valence-corrected chi connectivity index (χ0v) is 14.5. The lowest BCUT2D eigenvalue weighted by Crippen LogP contribution is -2.44. The van der Waals surface area contributed by atoms with Crippen LogP contribution in [-0.4, -0.2) is 52.1 Å². The summed E-state index contributed by atoms with van der Waals surface area (Å²) in [5, 5.41) is 3.88. The standard InChI is InChI=1S/C18H23N5O2/c1-13-20-17(25-21-13)15-7-4-8-19-16(15)23-11-5-6-14(12-23)18(24)22-9-2-3-10-22/h4,7-8,14H,2-3,5-6,9-12H2,1H3/t14-/m0/s1. The van der Waals surface area contributed by atoms with E-state index in [9.17, 15) is 4.79 Å². The van der Waals surface area contributed by atoms with Gasteiger partial charge in [0.2, 0.25) is 5.91 Å². The van der Waals surface area contributed by atoms with Crippen molar-refractivity contribution in [3.05, 3.63) is 24.2 Å². The van der Waals surface area contributed by atoms with Crippen LogP contribution in [0.25, 0.3) is 11.5 Å². The number of aromatic nitrogens is 3. The van der Waals surface area contributed by atoms with E-state index in [4.69, 9.17) is 4.52 Å². The maximum atomic E-state index is 12.8. The normalized spacial score (nSPS) is 20.9. The summed E-state index contributed by atoms with van der Waals surface area (Å²) < 4.78 is 5.33. The molecule has 2 fully saturated rings. The van der Waals surface area contributed by atoms with Crippen LogP contribution in [0.1, 0.15) is 31.5 Å². The van der Waals surface area contributed by atoms with E-state index in [0.29, 0.717) is 24.2 Å². The lowest BCUT2D eigenvalue weighted by Gasteiger charge is -2.35. The third-order valence-corrected chi connectivity index (χ3v) is 5.03. The maximum absolute atomic E-state index is 12.8. The minimum Gasteiger partial charge on any atom is -0.355 e. The van der Waals surface area contributed by atoms with Crippen LogP contribution in [0, 0.1) is 12.8 Å². The molecular formula is C18H23N5O2. The molecule has 0 aliphatic carbocycles. The van der Waals surface area contributed by atoms with Crippen molar-refractivity contribution in [1.82, 2.24) is 20.0 Å². The molecule has 4 heterocycles. The first-order chi connectivity index (χ1) is 12.2. The summed E-state index contributed by atoms with van der Waals surface area (Å²) in [5.41, 5.74) is 0.831. The number of hydrogen-bond donors (Lipinski definition) is 0. The Kier molecular flexibility index (Phi) is 4.38. The quantitative estimate of drug-likeness (QED) is 0.852. The summed E-state index contributed by atoms with van der Waals surface area (Å²) in [4.78, 5) is 25.9. The fourth-order valence-electron chi connectivity index (χ4n) is 3.79. The van der Waals surface area contributed by atoms with Gasteiger partial charge in [0, 0.05) is 32.4 Å². The van der Waals surface area contributed by atoms with Crippen LogP contribution in [-0.2, 0) is 4.79 Å². The second kappa shape index (κ2) is 6.82. The molecule has 2 aliphatic rings. The van der Waals surface area contributed by atoms with Gasteiger partial charge < -0.3 is 14.3 Å². The van der Waals surface area contributed by atoms with Crippen molar-refractivity contribution in [2.45, 2.75) is 32.6 Å². The number of likely N-dealkylation sites (tertiary alicyclic amines) is 1. The van der Waals surface area contributed by atoms with Crippen molar-refractivity contribution in [1.29, 1.82) is 0 Å². The number of amides is 1. The third kappa shape index (κ3) is 3.23. The van der Waals surface area contributed by atoms with Crippen LogP contribution in [0.5, 0.6) is 0 Å². The summed E-state index contributed by atoms with van der Waals surface area (Å²) in [5.74, 6) is 2.25. The summed E-state index contributed by atoms with van der Waals surface area (Å²) in [7, 11) is 0. The van der Waals surface area contributed by atoms with Gasteiger partial charge >= 0.3 is 0 Å². The molecule has 0 bridgehead atoms. The largest absolute Gasteiger partial charge is 0.355 e. The minimum absolute atomic E-state index is 0.0473. The van der Waals surface area contributed by atoms with Gasteiger partial charge in [-0.15, -0.1) is 0 Å². The number of anilines is 1. The zero-order valence-electron chi connectivity index (χ0n) is 14.5. The van der Waals surface area contributed by atoms with E-state index in [1.807, 2.05) is 17.0 Å². The highest BCUT2D eigenvalue weighted by Crippen LogP contribution is 2.31. The molecule has 4 rings (SSSR count). The Morgan fingerprint density at radius 1 is 1.24 bits per heavy atom. The second-order valence-corrected chi connectivity index (χ2v) is 6.84. The number of hydrogen-bond acceptors (Lipinski definition) is 6. The highest BCUT2D eigenvalue weighted by atomic mass is 16.5. The van der Waals surface area contributed by atoms with Crippen molar-refractivity contribution >= 4 is 11.7 Å². The van der Waals surface area contributed by atoms with E-state index >= 15 is 0 Å². The number of rotatable bonds is 3. The maximum Gasteiger partial charge on any atom is 0.261 e. The van der Waals surface area contributed by atoms with Gasteiger partial charge in [-0.3, -0.25) is 4.79 Å². The van der Waals surface area contributed by atoms with E-state index in [1.165, 1.54) is 0 Å². The Morgan fingerprint density at radius 3 is 2.84 bits per heavy atom. The van der Waals surface area contributed by atoms with E-state index in [-0.39, 0.29) is 5.92 Å². The molecule has 7 heteroatoms. The van der Waals surface area contributed by atoms with Crippen molar-refractivity contribution in [3.8, 4) is 11.5 Å². The van der Waals surface area contributed by atoms with E-state index in [0.717, 1.165) is 56.7 Å².